The molecular weight excluding hydrogens is 200 g/mol. The number of carbonyl (C=O) groups excluding carboxylic acids is 1. The van der Waals surface area contributed by atoms with Gasteiger partial charge in [-0.15, -0.1) is 0 Å². The van der Waals surface area contributed by atoms with Crippen LogP contribution in [0.4, 0.5) is 0 Å². The summed E-state index contributed by atoms with van der Waals surface area (Å²) in [7, 11) is 0. The SMILES string of the molecule is CCCCC(CC)C(=O)OC(C)(C)C(C)C. The van der Waals surface area contributed by atoms with E-state index < -0.39 is 0 Å². The van der Waals surface area contributed by atoms with E-state index >= 15 is 0 Å². The van der Waals surface area contributed by atoms with Crippen LogP contribution < -0.4 is 0 Å². The van der Waals surface area contributed by atoms with Gasteiger partial charge in [-0.25, -0.2) is 0 Å². The normalized spacial score (nSPS) is 13.9. The molecule has 2 heteroatoms. The van der Waals surface area contributed by atoms with E-state index in [9.17, 15) is 4.79 Å². The van der Waals surface area contributed by atoms with Crippen molar-refractivity contribution in [3.05, 3.63) is 0 Å². The fourth-order valence-electron chi connectivity index (χ4n) is 1.40. The third-order valence-electron chi connectivity index (χ3n) is 3.49. The fourth-order valence-corrected chi connectivity index (χ4v) is 1.40. The second-order valence-electron chi connectivity index (χ2n) is 5.43. The van der Waals surface area contributed by atoms with E-state index in [2.05, 4.69) is 27.7 Å². The Hall–Kier alpha value is -0.530. The summed E-state index contributed by atoms with van der Waals surface area (Å²) < 4.78 is 5.61. The molecule has 0 aliphatic carbocycles. The van der Waals surface area contributed by atoms with Crippen LogP contribution in [0.15, 0.2) is 0 Å². The highest BCUT2D eigenvalue weighted by atomic mass is 16.6. The number of rotatable bonds is 7. The van der Waals surface area contributed by atoms with E-state index in [-0.39, 0.29) is 17.5 Å². The Morgan fingerprint density at radius 2 is 1.81 bits per heavy atom. The number of esters is 1. The lowest BCUT2D eigenvalue weighted by Crippen LogP contribution is -2.36. The van der Waals surface area contributed by atoms with Crippen molar-refractivity contribution < 1.29 is 9.53 Å². The van der Waals surface area contributed by atoms with Crippen LogP contribution in [0.3, 0.4) is 0 Å². The number of hydrogen-bond donors (Lipinski definition) is 0. The second-order valence-corrected chi connectivity index (χ2v) is 5.43. The highest BCUT2D eigenvalue weighted by Gasteiger charge is 2.29. The molecule has 0 rings (SSSR count). The summed E-state index contributed by atoms with van der Waals surface area (Å²) in [6, 6.07) is 0. The Kier molecular flexibility index (Phi) is 6.70. The molecule has 0 amide bonds. The van der Waals surface area contributed by atoms with Crippen molar-refractivity contribution in [2.45, 2.75) is 72.8 Å². The first-order chi connectivity index (χ1) is 7.35. The van der Waals surface area contributed by atoms with E-state index in [1.54, 1.807) is 0 Å². The molecule has 96 valence electrons. The van der Waals surface area contributed by atoms with Crippen molar-refractivity contribution in [2.75, 3.05) is 0 Å². The first-order valence-corrected chi connectivity index (χ1v) is 6.58. The summed E-state index contributed by atoms with van der Waals surface area (Å²) in [4.78, 5) is 12.0. The molecule has 0 spiro atoms. The van der Waals surface area contributed by atoms with Crippen LogP contribution in [0.1, 0.15) is 67.2 Å². The molecule has 2 nitrogen and oxygen atoms in total. The van der Waals surface area contributed by atoms with Gasteiger partial charge in [0.2, 0.25) is 0 Å². The average molecular weight is 228 g/mol. The molecule has 0 aliphatic heterocycles. The van der Waals surface area contributed by atoms with E-state index in [1.807, 2.05) is 13.8 Å². The summed E-state index contributed by atoms with van der Waals surface area (Å²) in [5.41, 5.74) is -0.350. The van der Waals surface area contributed by atoms with E-state index in [4.69, 9.17) is 4.74 Å². The number of unbranched alkanes of at least 4 members (excludes halogenated alkanes) is 1. The van der Waals surface area contributed by atoms with Gasteiger partial charge in [0, 0.05) is 0 Å². The second kappa shape index (κ2) is 6.93. The summed E-state index contributed by atoms with van der Waals surface area (Å²) in [6.45, 7) is 12.4. The maximum atomic E-state index is 12.0. The van der Waals surface area contributed by atoms with Crippen LogP contribution in [0.2, 0.25) is 0 Å². The third kappa shape index (κ3) is 5.00. The zero-order valence-corrected chi connectivity index (χ0v) is 11.8. The topological polar surface area (TPSA) is 26.3 Å². The maximum absolute atomic E-state index is 12.0. The lowest BCUT2D eigenvalue weighted by Gasteiger charge is -2.31. The molecule has 0 aromatic heterocycles. The predicted molar refractivity (Wildman–Crippen MR) is 68.3 cm³/mol. The number of hydrogen-bond acceptors (Lipinski definition) is 2. The molecule has 0 N–H and O–H groups in total. The Bertz CT molecular complexity index is 207. The molecule has 0 fully saturated rings. The minimum absolute atomic E-state index is 0.0188. The standard InChI is InChI=1S/C14H28O2/c1-7-9-10-12(8-2)13(15)16-14(5,6)11(3)4/h11-12H,7-10H2,1-6H3. The summed E-state index contributed by atoms with van der Waals surface area (Å²) >= 11 is 0. The van der Waals surface area contributed by atoms with Crippen molar-refractivity contribution in [1.82, 2.24) is 0 Å². The van der Waals surface area contributed by atoms with E-state index in [0.717, 1.165) is 25.7 Å². The van der Waals surface area contributed by atoms with Crippen LogP contribution >= 0.6 is 0 Å². The van der Waals surface area contributed by atoms with Crippen molar-refractivity contribution in [1.29, 1.82) is 0 Å². The summed E-state index contributed by atoms with van der Waals surface area (Å²) in [5.74, 6) is 0.410. The molecule has 16 heavy (non-hydrogen) atoms. The average Bonchev–Trinajstić information content (AvgIpc) is 2.18. The van der Waals surface area contributed by atoms with Gasteiger partial charge in [-0.05, 0) is 32.6 Å². The quantitative estimate of drug-likeness (QED) is 0.611. The van der Waals surface area contributed by atoms with Gasteiger partial charge in [0.1, 0.15) is 5.60 Å². The predicted octanol–water partition coefficient (Wildman–Crippen LogP) is 4.18. The highest BCUT2D eigenvalue weighted by Crippen LogP contribution is 2.24. The highest BCUT2D eigenvalue weighted by molar-refractivity contribution is 5.72. The zero-order chi connectivity index (χ0) is 12.8. The van der Waals surface area contributed by atoms with Crippen molar-refractivity contribution in [3.63, 3.8) is 0 Å². The van der Waals surface area contributed by atoms with Gasteiger partial charge in [0.25, 0.3) is 0 Å². The summed E-state index contributed by atoms with van der Waals surface area (Å²) in [5, 5.41) is 0. The minimum atomic E-state index is -0.350. The molecule has 0 radical (unpaired) electrons. The number of ether oxygens (including phenoxy) is 1. The lowest BCUT2D eigenvalue weighted by molar-refractivity contribution is -0.166. The molecule has 0 heterocycles. The molecular formula is C14H28O2. The fraction of sp³-hybridized carbons (Fsp3) is 0.929. The largest absolute Gasteiger partial charge is 0.459 e. The molecule has 0 aliphatic rings. The summed E-state index contributed by atoms with van der Waals surface area (Å²) in [6.07, 6.45) is 4.08. The molecule has 0 saturated carbocycles. The first-order valence-electron chi connectivity index (χ1n) is 6.58. The van der Waals surface area contributed by atoms with Gasteiger partial charge in [0.05, 0.1) is 5.92 Å². The van der Waals surface area contributed by atoms with Crippen LogP contribution in [0.25, 0.3) is 0 Å². The lowest BCUT2D eigenvalue weighted by atomic mass is 9.93. The smallest absolute Gasteiger partial charge is 0.309 e. The molecule has 1 unspecified atom stereocenters. The maximum Gasteiger partial charge on any atom is 0.309 e. The molecule has 0 saturated heterocycles. The Morgan fingerprint density at radius 3 is 2.19 bits per heavy atom. The van der Waals surface area contributed by atoms with Gasteiger partial charge in [-0.2, -0.15) is 0 Å². The van der Waals surface area contributed by atoms with Gasteiger partial charge >= 0.3 is 5.97 Å². The Labute approximate surface area is 101 Å². The van der Waals surface area contributed by atoms with Crippen molar-refractivity contribution in [2.24, 2.45) is 11.8 Å². The van der Waals surface area contributed by atoms with Gasteiger partial charge < -0.3 is 4.74 Å². The van der Waals surface area contributed by atoms with Gasteiger partial charge in [-0.3, -0.25) is 4.79 Å². The van der Waals surface area contributed by atoms with Gasteiger partial charge in [0.15, 0.2) is 0 Å². The Morgan fingerprint density at radius 1 is 1.25 bits per heavy atom. The molecule has 1 atom stereocenters. The van der Waals surface area contributed by atoms with Gasteiger partial charge in [-0.1, -0.05) is 40.5 Å². The van der Waals surface area contributed by atoms with Crippen LogP contribution in [0.5, 0.6) is 0 Å². The zero-order valence-electron chi connectivity index (χ0n) is 11.8. The third-order valence-corrected chi connectivity index (χ3v) is 3.49. The molecule has 0 aromatic rings. The number of carbonyl (C=O) groups is 1. The van der Waals surface area contributed by atoms with Crippen LogP contribution in [-0.4, -0.2) is 11.6 Å². The van der Waals surface area contributed by atoms with E-state index in [0.29, 0.717) is 5.92 Å². The van der Waals surface area contributed by atoms with E-state index in [1.165, 1.54) is 0 Å². The monoisotopic (exact) mass is 228 g/mol. The van der Waals surface area contributed by atoms with Crippen molar-refractivity contribution >= 4 is 5.97 Å². The molecule has 0 aromatic carbocycles. The Balaban J connectivity index is 4.30. The minimum Gasteiger partial charge on any atom is -0.459 e. The van der Waals surface area contributed by atoms with Crippen molar-refractivity contribution in [3.8, 4) is 0 Å². The van der Waals surface area contributed by atoms with Crippen LogP contribution in [0, 0.1) is 11.8 Å². The molecule has 0 bridgehead atoms. The van der Waals surface area contributed by atoms with Crippen LogP contribution in [-0.2, 0) is 9.53 Å². The first kappa shape index (κ1) is 15.5.